The summed E-state index contributed by atoms with van der Waals surface area (Å²) >= 11 is 0. The second-order valence-corrected chi connectivity index (χ2v) is 7.50. The molecule has 2 atom stereocenters. The van der Waals surface area contributed by atoms with E-state index >= 15 is 0 Å². The molecule has 1 aliphatic rings. The molecule has 2 aromatic heterocycles. The Kier molecular flexibility index (Phi) is 4.60. The van der Waals surface area contributed by atoms with Gasteiger partial charge < -0.3 is 9.52 Å². The van der Waals surface area contributed by atoms with Crippen molar-refractivity contribution in [3.63, 3.8) is 0 Å². The second-order valence-electron chi connectivity index (χ2n) is 7.50. The van der Waals surface area contributed by atoms with Crippen LogP contribution in [0.25, 0.3) is 0 Å². The van der Waals surface area contributed by atoms with Crippen LogP contribution in [-0.4, -0.2) is 32.4 Å². The summed E-state index contributed by atoms with van der Waals surface area (Å²) in [5, 5.41) is 14.8. The van der Waals surface area contributed by atoms with Gasteiger partial charge in [0.2, 0.25) is 0 Å². The minimum atomic E-state index is -0.520. The van der Waals surface area contributed by atoms with Gasteiger partial charge in [-0.05, 0) is 58.7 Å². The van der Waals surface area contributed by atoms with Crippen LogP contribution < -0.4 is 0 Å². The van der Waals surface area contributed by atoms with E-state index < -0.39 is 6.10 Å². The zero-order valence-electron chi connectivity index (χ0n) is 14.3. The van der Waals surface area contributed by atoms with Crippen molar-refractivity contribution in [2.45, 2.75) is 64.3 Å². The number of aromatic nitrogens is 2. The van der Waals surface area contributed by atoms with E-state index in [0.29, 0.717) is 11.8 Å². The molecule has 3 heterocycles. The third-order valence-electron chi connectivity index (χ3n) is 4.58. The molecule has 126 valence electrons. The Hall–Kier alpha value is -1.59. The van der Waals surface area contributed by atoms with E-state index in [1.165, 1.54) is 12.0 Å². The lowest BCUT2D eigenvalue weighted by Crippen LogP contribution is -2.30. The van der Waals surface area contributed by atoms with Gasteiger partial charge in [0.15, 0.2) is 0 Å². The van der Waals surface area contributed by atoms with E-state index in [1.807, 2.05) is 23.0 Å². The molecule has 1 N–H and O–H groups in total. The van der Waals surface area contributed by atoms with Crippen molar-refractivity contribution in [2.24, 2.45) is 0 Å². The van der Waals surface area contributed by atoms with Crippen LogP contribution in [0, 0.1) is 0 Å². The average molecular weight is 317 g/mol. The van der Waals surface area contributed by atoms with Crippen molar-refractivity contribution >= 4 is 0 Å². The Balaban J connectivity index is 1.62. The predicted molar refractivity (Wildman–Crippen MR) is 88.9 cm³/mol. The van der Waals surface area contributed by atoms with Gasteiger partial charge in [0, 0.05) is 24.3 Å². The summed E-state index contributed by atoms with van der Waals surface area (Å²) in [5.74, 6) is 0.664. The van der Waals surface area contributed by atoms with E-state index in [1.54, 1.807) is 6.26 Å². The smallest absolute Gasteiger partial charge is 0.132 e. The zero-order chi connectivity index (χ0) is 16.4. The third kappa shape index (κ3) is 3.85. The predicted octanol–water partition coefficient (Wildman–Crippen LogP) is 3.32. The fourth-order valence-corrected chi connectivity index (χ4v) is 3.27. The van der Waals surface area contributed by atoms with E-state index in [2.05, 4.69) is 37.0 Å². The molecular formula is C18H27N3O2. The van der Waals surface area contributed by atoms with Crippen LogP contribution in [0.1, 0.15) is 57.5 Å². The van der Waals surface area contributed by atoms with E-state index in [9.17, 15) is 5.11 Å². The maximum Gasteiger partial charge on any atom is 0.132 e. The van der Waals surface area contributed by atoms with Gasteiger partial charge >= 0.3 is 0 Å². The van der Waals surface area contributed by atoms with E-state index in [0.717, 1.165) is 25.9 Å². The van der Waals surface area contributed by atoms with Gasteiger partial charge in [0.1, 0.15) is 11.9 Å². The van der Waals surface area contributed by atoms with Crippen LogP contribution in [0.2, 0.25) is 0 Å². The quantitative estimate of drug-likeness (QED) is 0.919. The number of nitrogens with zero attached hydrogens (tertiary/aromatic N) is 3. The first-order chi connectivity index (χ1) is 10.9. The molecule has 0 saturated carbocycles. The van der Waals surface area contributed by atoms with Gasteiger partial charge in [0.25, 0.3) is 0 Å². The lowest BCUT2D eigenvalue weighted by Gasteiger charge is -2.25. The molecule has 5 nitrogen and oxygen atoms in total. The molecule has 2 unspecified atom stereocenters. The highest BCUT2D eigenvalue weighted by Gasteiger charge is 2.28. The first-order valence-electron chi connectivity index (χ1n) is 8.43. The normalized spacial score (nSPS) is 21.0. The highest BCUT2D eigenvalue weighted by Crippen LogP contribution is 2.29. The van der Waals surface area contributed by atoms with Crippen LogP contribution in [0.5, 0.6) is 0 Å². The van der Waals surface area contributed by atoms with Crippen LogP contribution >= 0.6 is 0 Å². The molecule has 0 bridgehead atoms. The Morgan fingerprint density at radius 3 is 2.91 bits per heavy atom. The van der Waals surface area contributed by atoms with Crippen molar-refractivity contribution in [3.05, 3.63) is 42.1 Å². The maximum atomic E-state index is 10.3. The summed E-state index contributed by atoms with van der Waals surface area (Å²) < 4.78 is 7.34. The number of furan rings is 1. The van der Waals surface area contributed by atoms with Crippen molar-refractivity contribution < 1.29 is 9.52 Å². The standard InChI is InChI=1S/C18H27N3O2/c1-18(2,3)21-13-14(11-19-21)12-20-8-4-6-15(20)10-16(22)17-7-5-9-23-17/h5,7,9,11,13,15-16,22H,4,6,8,10,12H2,1-3H3. The summed E-state index contributed by atoms with van der Waals surface area (Å²) in [6.07, 6.45) is 8.23. The van der Waals surface area contributed by atoms with Gasteiger partial charge in [-0.1, -0.05) is 0 Å². The van der Waals surface area contributed by atoms with Gasteiger partial charge in [-0.25, -0.2) is 0 Å². The maximum absolute atomic E-state index is 10.3. The number of rotatable bonds is 5. The topological polar surface area (TPSA) is 54.4 Å². The molecular weight excluding hydrogens is 290 g/mol. The lowest BCUT2D eigenvalue weighted by molar-refractivity contribution is 0.0995. The Labute approximate surface area is 137 Å². The molecule has 0 amide bonds. The average Bonchev–Trinajstić information content (AvgIpc) is 3.19. The van der Waals surface area contributed by atoms with E-state index in [-0.39, 0.29) is 5.54 Å². The summed E-state index contributed by atoms with van der Waals surface area (Å²) in [7, 11) is 0. The number of hydrogen-bond acceptors (Lipinski definition) is 4. The van der Waals surface area contributed by atoms with Gasteiger partial charge in [-0.3, -0.25) is 9.58 Å². The fraction of sp³-hybridized carbons (Fsp3) is 0.611. The molecule has 0 aromatic carbocycles. The SMILES string of the molecule is CC(C)(C)n1cc(CN2CCCC2CC(O)c2ccco2)cn1. The van der Waals surface area contributed by atoms with Crippen molar-refractivity contribution in [2.75, 3.05) is 6.54 Å². The second kappa shape index (κ2) is 6.49. The molecule has 5 heteroatoms. The van der Waals surface area contributed by atoms with E-state index in [4.69, 9.17) is 4.42 Å². The number of hydrogen-bond donors (Lipinski definition) is 1. The van der Waals surface area contributed by atoms with Gasteiger partial charge in [-0.15, -0.1) is 0 Å². The lowest BCUT2D eigenvalue weighted by atomic mass is 10.0. The molecule has 3 rings (SSSR count). The minimum Gasteiger partial charge on any atom is -0.467 e. The van der Waals surface area contributed by atoms with Crippen LogP contribution in [0.3, 0.4) is 0 Å². The minimum absolute atomic E-state index is 0.0120. The molecule has 1 aliphatic heterocycles. The summed E-state index contributed by atoms with van der Waals surface area (Å²) in [6, 6.07) is 4.07. The third-order valence-corrected chi connectivity index (χ3v) is 4.58. The number of likely N-dealkylation sites (tertiary alicyclic amines) is 1. The Morgan fingerprint density at radius 2 is 2.26 bits per heavy atom. The molecule has 0 radical (unpaired) electrons. The molecule has 1 fully saturated rings. The van der Waals surface area contributed by atoms with Crippen molar-refractivity contribution in [1.82, 2.24) is 14.7 Å². The highest BCUT2D eigenvalue weighted by molar-refractivity contribution is 5.07. The summed E-state index contributed by atoms with van der Waals surface area (Å²) in [4.78, 5) is 2.45. The first-order valence-corrected chi connectivity index (χ1v) is 8.43. The fourth-order valence-electron chi connectivity index (χ4n) is 3.27. The molecule has 0 aliphatic carbocycles. The van der Waals surface area contributed by atoms with Gasteiger partial charge in [-0.2, -0.15) is 5.10 Å². The Morgan fingerprint density at radius 1 is 1.43 bits per heavy atom. The van der Waals surface area contributed by atoms with Crippen LogP contribution in [0.4, 0.5) is 0 Å². The summed E-state index contributed by atoms with van der Waals surface area (Å²) in [6.45, 7) is 8.44. The van der Waals surface area contributed by atoms with Crippen LogP contribution in [0.15, 0.2) is 35.2 Å². The molecule has 2 aromatic rings. The molecule has 0 spiro atoms. The van der Waals surface area contributed by atoms with Crippen LogP contribution in [-0.2, 0) is 12.1 Å². The zero-order valence-corrected chi connectivity index (χ0v) is 14.3. The number of aliphatic hydroxyl groups is 1. The molecule has 1 saturated heterocycles. The monoisotopic (exact) mass is 317 g/mol. The molecule has 23 heavy (non-hydrogen) atoms. The number of aliphatic hydroxyl groups excluding tert-OH is 1. The van der Waals surface area contributed by atoms with Gasteiger partial charge in [0.05, 0.1) is 18.0 Å². The highest BCUT2D eigenvalue weighted by atomic mass is 16.4. The van der Waals surface area contributed by atoms with Crippen molar-refractivity contribution in [3.8, 4) is 0 Å². The van der Waals surface area contributed by atoms with Crippen molar-refractivity contribution in [1.29, 1.82) is 0 Å². The first kappa shape index (κ1) is 16.3. The largest absolute Gasteiger partial charge is 0.467 e. The summed E-state index contributed by atoms with van der Waals surface area (Å²) in [5.41, 5.74) is 1.25. The Bertz CT molecular complexity index is 613.